The summed E-state index contributed by atoms with van der Waals surface area (Å²) in [4.78, 5) is 16.5. The number of rotatable bonds is 9. The maximum Gasteiger partial charge on any atom is 0.270 e. The van der Waals surface area contributed by atoms with Gasteiger partial charge in [-0.05, 0) is 24.3 Å². The van der Waals surface area contributed by atoms with Crippen molar-refractivity contribution < 1.29 is 18.3 Å². The topological polar surface area (TPSA) is 95.1 Å². The Morgan fingerprint density at radius 3 is 2.94 bits per heavy atom. The van der Waals surface area contributed by atoms with Crippen LogP contribution in [0.4, 0.5) is 4.39 Å². The molecule has 0 saturated carbocycles. The second kappa shape index (κ2) is 9.86. The van der Waals surface area contributed by atoms with Gasteiger partial charge in [-0.25, -0.2) is 9.37 Å². The molecule has 0 aliphatic heterocycles. The molecule has 4 aromatic rings. The third kappa shape index (κ3) is 4.84. The molecule has 3 aromatic heterocycles. The average Bonchev–Trinajstić information content (AvgIpc) is 3.53. The Kier molecular flexibility index (Phi) is 6.75. The van der Waals surface area contributed by atoms with Crippen molar-refractivity contribution >= 4 is 29.0 Å². The van der Waals surface area contributed by atoms with Gasteiger partial charge in [0.2, 0.25) is 5.82 Å². The van der Waals surface area contributed by atoms with Crippen LogP contribution in [0.25, 0.3) is 17.3 Å². The Balaban J connectivity index is 1.55. The van der Waals surface area contributed by atoms with Crippen molar-refractivity contribution in [2.75, 3.05) is 20.3 Å². The highest BCUT2D eigenvalue weighted by Crippen LogP contribution is 2.31. The molecule has 1 amide bonds. The van der Waals surface area contributed by atoms with Crippen LogP contribution in [0.1, 0.15) is 15.5 Å². The van der Waals surface area contributed by atoms with E-state index in [4.69, 9.17) is 9.15 Å². The number of benzene rings is 1. The van der Waals surface area contributed by atoms with E-state index in [1.54, 1.807) is 47.4 Å². The minimum absolute atomic E-state index is 0.251. The molecular weight excluding hydrogens is 441 g/mol. The third-order valence-corrected chi connectivity index (χ3v) is 6.14. The van der Waals surface area contributed by atoms with Crippen LogP contribution in [0.15, 0.2) is 57.6 Å². The van der Waals surface area contributed by atoms with Crippen LogP contribution in [0, 0.1) is 5.82 Å². The van der Waals surface area contributed by atoms with Crippen molar-refractivity contribution in [1.29, 1.82) is 0 Å². The van der Waals surface area contributed by atoms with E-state index >= 15 is 0 Å². The smallest absolute Gasteiger partial charge is 0.270 e. The molecule has 31 heavy (non-hydrogen) atoms. The van der Waals surface area contributed by atoms with Crippen molar-refractivity contribution in [3.05, 3.63) is 64.6 Å². The van der Waals surface area contributed by atoms with Crippen LogP contribution in [0.3, 0.4) is 0 Å². The zero-order valence-electron chi connectivity index (χ0n) is 16.4. The van der Waals surface area contributed by atoms with Crippen molar-refractivity contribution in [3.8, 4) is 17.3 Å². The number of carbonyl (C=O) groups excluding carboxylic acids is 1. The van der Waals surface area contributed by atoms with Crippen LogP contribution in [-0.2, 0) is 10.5 Å². The number of halogens is 1. The Labute approximate surface area is 185 Å². The average molecular weight is 460 g/mol. The van der Waals surface area contributed by atoms with Gasteiger partial charge in [0.25, 0.3) is 5.91 Å². The number of nitrogens with zero attached hydrogens (tertiary/aromatic N) is 4. The van der Waals surface area contributed by atoms with E-state index in [1.165, 1.54) is 35.4 Å². The molecule has 0 bridgehead atoms. The first-order valence-electron chi connectivity index (χ1n) is 9.26. The molecule has 0 unspecified atom stereocenters. The Bertz CT molecular complexity index is 1160. The fourth-order valence-corrected chi connectivity index (χ4v) is 4.48. The quantitative estimate of drug-likeness (QED) is 0.301. The molecule has 0 spiro atoms. The number of para-hydroxylation sites is 1. The summed E-state index contributed by atoms with van der Waals surface area (Å²) in [7, 11) is 1.57. The number of furan rings is 1. The van der Waals surface area contributed by atoms with Gasteiger partial charge < -0.3 is 14.5 Å². The molecule has 0 radical (unpaired) electrons. The number of ether oxygens (including phenoxy) is 1. The largest absolute Gasteiger partial charge is 0.461 e. The summed E-state index contributed by atoms with van der Waals surface area (Å²) < 4.78 is 26.5. The van der Waals surface area contributed by atoms with Gasteiger partial charge in [0, 0.05) is 19.0 Å². The Hall–Kier alpha value is -3.02. The van der Waals surface area contributed by atoms with Gasteiger partial charge >= 0.3 is 0 Å². The fraction of sp³-hybridized carbons (Fsp3) is 0.200. The van der Waals surface area contributed by atoms with E-state index in [0.29, 0.717) is 47.0 Å². The van der Waals surface area contributed by atoms with Crippen molar-refractivity contribution in [2.45, 2.75) is 10.9 Å². The number of carbonyl (C=O) groups is 1. The normalized spacial score (nSPS) is 11.0. The second-order valence-electron chi connectivity index (χ2n) is 6.23. The number of thioether (sulfide) groups is 1. The van der Waals surface area contributed by atoms with E-state index < -0.39 is 5.82 Å². The minimum Gasteiger partial charge on any atom is -0.461 e. The lowest BCUT2D eigenvalue weighted by Crippen LogP contribution is -2.27. The first-order valence-corrected chi connectivity index (χ1v) is 11.1. The molecule has 3 heterocycles. The molecular formula is C20H18FN5O3S2. The van der Waals surface area contributed by atoms with Gasteiger partial charge in [-0.3, -0.25) is 9.36 Å². The first-order chi connectivity index (χ1) is 15.2. The van der Waals surface area contributed by atoms with Gasteiger partial charge in [-0.15, -0.1) is 21.5 Å². The maximum atomic E-state index is 14.6. The Morgan fingerprint density at radius 2 is 2.16 bits per heavy atom. The Morgan fingerprint density at radius 1 is 1.29 bits per heavy atom. The minimum atomic E-state index is -0.402. The molecule has 160 valence electrons. The summed E-state index contributed by atoms with van der Waals surface area (Å²) in [6.45, 7) is 0.848. The third-order valence-electron chi connectivity index (χ3n) is 4.17. The van der Waals surface area contributed by atoms with E-state index in [2.05, 4.69) is 20.5 Å². The van der Waals surface area contributed by atoms with Gasteiger partial charge in [0.1, 0.15) is 16.5 Å². The standard InChI is InChI=1S/C20H18FN5O3S2/c1-28-10-8-22-19(27)14-11-30-17(23-14)12-31-20-25-24-18(16-7-4-9-29-16)26(20)15-6-3-2-5-13(15)21/h2-7,9,11H,8,10,12H2,1H3,(H,22,27). The second-order valence-corrected chi connectivity index (χ2v) is 8.12. The SMILES string of the molecule is COCCNC(=O)c1csc(CSc2nnc(-c3ccco3)n2-c2ccccc2F)n1. The molecule has 1 N–H and O–H groups in total. The van der Waals surface area contributed by atoms with Crippen LogP contribution < -0.4 is 5.32 Å². The van der Waals surface area contributed by atoms with E-state index in [0.717, 1.165) is 5.01 Å². The highest BCUT2D eigenvalue weighted by atomic mass is 32.2. The monoisotopic (exact) mass is 459 g/mol. The number of thiazole rings is 1. The zero-order chi connectivity index (χ0) is 21.6. The summed E-state index contributed by atoms with van der Waals surface area (Å²) in [5.74, 6) is 0.669. The summed E-state index contributed by atoms with van der Waals surface area (Å²) in [5.41, 5.74) is 0.669. The van der Waals surface area contributed by atoms with E-state index in [-0.39, 0.29) is 5.91 Å². The number of hydrogen-bond donors (Lipinski definition) is 1. The number of methoxy groups -OCH3 is 1. The molecule has 1 aromatic carbocycles. The van der Waals surface area contributed by atoms with Crippen LogP contribution in [-0.4, -0.2) is 45.9 Å². The highest BCUT2D eigenvalue weighted by molar-refractivity contribution is 7.98. The van der Waals surface area contributed by atoms with E-state index in [9.17, 15) is 9.18 Å². The lowest BCUT2D eigenvalue weighted by molar-refractivity contribution is 0.0932. The van der Waals surface area contributed by atoms with Crippen LogP contribution in [0.2, 0.25) is 0 Å². The maximum absolute atomic E-state index is 14.6. The number of hydrogen-bond acceptors (Lipinski definition) is 8. The van der Waals surface area contributed by atoms with Crippen molar-refractivity contribution in [1.82, 2.24) is 25.1 Å². The molecule has 0 aliphatic carbocycles. The molecule has 8 nitrogen and oxygen atoms in total. The van der Waals surface area contributed by atoms with Crippen LogP contribution >= 0.6 is 23.1 Å². The molecule has 0 aliphatic rings. The summed E-state index contributed by atoms with van der Waals surface area (Å²) in [6.07, 6.45) is 1.53. The fourth-order valence-electron chi connectivity index (χ4n) is 2.74. The number of aromatic nitrogens is 4. The molecule has 0 atom stereocenters. The first kappa shape index (κ1) is 21.2. The van der Waals surface area contributed by atoms with E-state index in [1.807, 2.05) is 0 Å². The summed E-state index contributed by atoms with van der Waals surface area (Å²) >= 11 is 2.72. The lowest BCUT2D eigenvalue weighted by Gasteiger charge is -2.09. The predicted molar refractivity (Wildman–Crippen MR) is 115 cm³/mol. The predicted octanol–water partition coefficient (Wildman–Crippen LogP) is 3.79. The van der Waals surface area contributed by atoms with Gasteiger partial charge in [0.05, 0.1) is 24.3 Å². The number of amides is 1. The van der Waals surface area contributed by atoms with Crippen molar-refractivity contribution in [2.24, 2.45) is 0 Å². The molecule has 0 saturated heterocycles. The highest BCUT2D eigenvalue weighted by Gasteiger charge is 2.21. The molecule has 4 rings (SSSR count). The van der Waals surface area contributed by atoms with Crippen molar-refractivity contribution in [3.63, 3.8) is 0 Å². The summed E-state index contributed by atoms with van der Waals surface area (Å²) in [6, 6.07) is 9.87. The van der Waals surface area contributed by atoms with Crippen LogP contribution in [0.5, 0.6) is 0 Å². The molecule has 0 fully saturated rings. The van der Waals surface area contributed by atoms with Gasteiger partial charge in [0.15, 0.2) is 10.9 Å². The number of nitrogens with one attached hydrogen (secondary N) is 1. The van der Waals surface area contributed by atoms with Gasteiger partial charge in [-0.2, -0.15) is 0 Å². The lowest BCUT2D eigenvalue weighted by atomic mass is 10.3. The molecule has 11 heteroatoms. The zero-order valence-corrected chi connectivity index (χ0v) is 18.1. The summed E-state index contributed by atoms with van der Waals surface area (Å²) in [5, 5.41) is 14.1. The van der Waals surface area contributed by atoms with Gasteiger partial charge in [-0.1, -0.05) is 23.9 Å².